The molecule has 0 unspecified atom stereocenters. The Kier molecular flexibility index (Phi) is 9.28. The average molecular weight is 517 g/mol. The highest BCUT2D eigenvalue weighted by Crippen LogP contribution is 2.37. The van der Waals surface area contributed by atoms with Crippen molar-refractivity contribution < 1.29 is 23.0 Å². The second kappa shape index (κ2) is 12.4. The van der Waals surface area contributed by atoms with Crippen LogP contribution < -0.4 is 9.64 Å². The predicted octanol–water partition coefficient (Wildman–Crippen LogP) is 4.59. The molecule has 1 N–H and O–H groups in total. The standard InChI is InChI=1S/C28H40N2O5S/c1-3-4-6-10-22(2)30-18-26(21-34-20-23-11-7-5-8-12-23)35-27-17-24(14-15-28(27)36(30,32)33)29-16-9-13-25(29)19-31/h5,7-8,11-12,14-15,17,22,25-26,31H,3-4,6,9-10,13,16,18-21H2,1-2H3/t22-,25-,26+/m1/s1. The molecule has 4 rings (SSSR count). The Morgan fingerprint density at radius 2 is 1.97 bits per heavy atom. The van der Waals surface area contributed by atoms with Gasteiger partial charge in [-0.15, -0.1) is 0 Å². The summed E-state index contributed by atoms with van der Waals surface area (Å²) in [6.07, 6.45) is 5.47. The van der Waals surface area contributed by atoms with E-state index in [0.29, 0.717) is 12.4 Å². The van der Waals surface area contributed by atoms with Gasteiger partial charge in [-0.05, 0) is 43.9 Å². The lowest BCUT2D eigenvalue weighted by molar-refractivity contribution is 0.0310. The van der Waals surface area contributed by atoms with E-state index >= 15 is 0 Å². The van der Waals surface area contributed by atoms with Crippen molar-refractivity contribution in [2.45, 2.75) is 82.1 Å². The van der Waals surface area contributed by atoms with E-state index in [1.807, 2.05) is 49.4 Å². The van der Waals surface area contributed by atoms with E-state index in [0.717, 1.165) is 56.3 Å². The third-order valence-electron chi connectivity index (χ3n) is 7.24. The highest BCUT2D eigenvalue weighted by Gasteiger charge is 2.38. The van der Waals surface area contributed by atoms with Crippen molar-refractivity contribution in [1.29, 1.82) is 0 Å². The zero-order valence-electron chi connectivity index (χ0n) is 21.5. The number of ether oxygens (including phenoxy) is 2. The lowest BCUT2D eigenvalue weighted by Gasteiger charge is -2.28. The fourth-order valence-corrected chi connectivity index (χ4v) is 7.00. The normalized spacial score (nSPS) is 22.6. The molecule has 2 aliphatic heterocycles. The van der Waals surface area contributed by atoms with Crippen molar-refractivity contribution >= 4 is 15.7 Å². The van der Waals surface area contributed by atoms with E-state index in [1.165, 1.54) is 0 Å². The van der Waals surface area contributed by atoms with Crippen LogP contribution in [0.5, 0.6) is 5.75 Å². The molecule has 1 fully saturated rings. The molecule has 3 atom stereocenters. The number of unbranched alkanes of at least 4 members (excludes halogenated alkanes) is 2. The lowest BCUT2D eigenvalue weighted by Crippen LogP contribution is -2.44. The number of rotatable bonds is 11. The highest BCUT2D eigenvalue weighted by molar-refractivity contribution is 7.89. The topological polar surface area (TPSA) is 79.3 Å². The van der Waals surface area contributed by atoms with Crippen molar-refractivity contribution in [2.75, 3.05) is 31.2 Å². The molecule has 0 bridgehead atoms. The van der Waals surface area contributed by atoms with Crippen LogP contribution in [0, 0.1) is 0 Å². The number of anilines is 1. The number of benzene rings is 2. The number of hydrogen-bond donors (Lipinski definition) is 1. The number of fused-ring (bicyclic) bond motifs is 1. The summed E-state index contributed by atoms with van der Waals surface area (Å²) in [5.74, 6) is 0.368. The van der Waals surface area contributed by atoms with Crippen molar-refractivity contribution in [3.05, 3.63) is 54.1 Å². The van der Waals surface area contributed by atoms with Crippen LogP contribution >= 0.6 is 0 Å². The molecular weight excluding hydrogens is 476 g/mol. The Morgan fingerprint density at radius 1 is 1.17 bits per heavy atom. The maximum Gasteiger partial charge on any atom is 0.247 e. The molecule has 2 aromatic rings. The molecule has 0 amide bonds. The van der Waals surface area contributed by atoms with Crippen molar-refractivity contribution in [2.24, 2.45) is 0 Å². The summed E-state index contributed by atoms with van der Waals surface area (Å²) in [6.45, 7) is 6.03. The molecule has 2 heterocycles. The molecule has 2 aromatic carbocycles. The number of nitrogens with zero attached hydrogens (tertiary/aromatic N) is 2. The zero-order valence-corrected chi connectivity index (χ0v) is 22.3. The van der Waals surface area contributed by atoms with Gasteiger partial charge in [0.15, 0.2) is 0 Å². The van der Waals surface area contributed by atoms with Crippen LogP contribution in [0.4, 0.5) is 5.69 Å². The van der Waals surface area contributed by atoms with Crippen molar-refractivity contribution in [3.63, 3.8) is 0 Å². The molecular formula is C28H40N2O5S. The number of aliphatic hydroxyl groups is 1. The summed E-state index contributed by atoms with van der Waals surface area (Å²) < 4.78 is 41.7. The summed E-state index contributed by atoms with van der Waals surface area (Å²) in [7, 11) is -3.74. The molecule has 1 saturated heterocycles. The quantitative estimate of drug-likeness (QED) is 0.440. The monoisotopic (exact) mass is 516 g/mol. The molecule has 0 saturated carbocycles. The van der Waals surface area contributed by atoms with Crippen LogP contribution in [0.1, 0.15) is 57.9 Å². The Morgan fingerprint density at radius 3 is 2.72 bits per heavy atom. The Hall–Kier alpha value is -2.13. The molecule has 0 aromatic heterocycles. The van der Waals surface area contributed by atoms with Crippen molar-refractivity contribution in [3.8, 4) is 5.75 Å². The first-order valence-corrected chi connectivity index (χ1v) is 14.7. The van der Waals surface area contributed by atoms with Crippen molar-refractivity contribution in [1.82, 2.24) is 4.31 Å². The van der Waals surface area contributed by atoms with E-state index < -0.39 is 16.1 Å². The summed E-state index contributed by atoms with van der Waals surface area (Å²) in [5.41, 5.74) is 1.95. The number of sulfonamides is 1. The fraction of sp³-hybridized carbons (Fsp3) is 0.571. The molecule has 36 heavy (non-hydrogen) atoms. The SMILES string of the molecule is CCCCC[C@@H](C)N1C[C@@H](COCc2ccccc2)Oc2cc(N3CCC[C@@H]3CO)ccc2S1(=O)=O. The number of hydrogen-bond acceptors (Lipinski definition) is 6. The van der Waals surface area contributed by atoms with Gasteiger partial charge < -0.3 is 19.5 Å². The molecule has 198 valence electrons. The predicted molar refractivity (Wildman–Crippen MR) is 142 cm³/mol. The van der Waals surface area contributed by atoms with E-state index in [-0.39, 0.29) is 36.7 Å². The van der Waals surface area contributed by atoms with Gasteiger partial charge in [0.2, 0.25) is 10.0 Å². The Bertz CT molecular complexity index is 1080. The minimum Gasteiger partial charge on any atom is -0.485 e. The molecule has 7 nitrogen and oxygen atoms in total. The minimum atomic E-state index is -3.74. The highest BCUT2D eigenvalue weighted by atomic mass is 32.2. The first-order valence-electron chi connectivity index (χ1n) is 13.3. The van der Waals surface area contributed by atoms with E-state index in [9.17, 15) is 13.5 Å². The second-order valence-corrected chi connectivity index (χ2v) is 11.8. The molecule has 0 radical (unpaired) electrons. The Balaban J connectivity index is 1.60. The van der Waals surface area contributed by atoms with Gasteiger partial charge in [-0.1, -0.05) is 56.5 Å². The summed E-state index contributed by atoms with van der Waals surface area (Å²) in [4.78, 5) is 2.35. The summed E-state index contributed by atoms with van der Waals surface area (Å²) in [5, 5.41) is 9.79. The van der Waals surface area contributed by atoms with Crippen LogP contribution in [-0.4, -0.2) is 62.3 Å². The minimum absolute atomic E-state index is 0.0468. The average Bonchev–Trinajstić information content (AvgIpc) is 3.32. The molecule has 2 aliphatic rings. The van der Waals surface area contributed by atoms with Crippen LogP contribution in [0.15, 0.2) is 53.4 Å². The van der Waals surface area contributed by atoms with Crippen LogP contribution in [0.25, 0.3) is 0 Å². The smallest absolute Gasteiger partial charge is 0.247 e. The maximum atomic E-state index is 13.8. The van der Waals surface area contributed by atoms with Gasteiger partial charge in [-0.3, -0.25) is 0 Å². The molecule has 8 heteroatoms. The number of aliphatic hydroxyl groups excluding tert-OH is 1. The van der Waals surface area contributed by atoms with Gasteiger partial charge in [0, 0.05) is 24.3 Å². The van der Waals surface area contributed by atoms with Gasteiger partial charge in [0.25, 0.3) is 0 Å². The third kappa shape index (κ3) is 6.22. The van der Waals surface area contributed by atoms with Crippen LogP contribution in [0.2, 0.25) is 0 Å². The largest absolute Gasteiger partial charge is 0.485 e. The first kappa shape index (κ1) is 26.9. The van der Waals surface area contributed by atoms with Gasteiger partial charge in [-0.25, -0.2) is 8.42 Å². The van der Waals surface area contributed by atoms with Gasteiger partial charge in [0.1, 0.15) is 16.7 Å². The first-order chi connectivity index (χ1) is 17.4. The van der Waals surface area contributed by atoms with E-state index in [1.54, 1.807) is 10.4 Å². The van der Waals surface area contributed by atoms with Crippen LogP contribution in [0.3, 0.4) is 0 Å². The second-order valence-electron chi connectivity index (χ2n) is 9.96. The van der Waals surface area contributed by atoms with Crippen LogP contribution in [-0.2, 0) is 21.4 Å². The zero-order chi connectivity index (χ0) is 25.5. The lowest BCUT2D eigenvalue weighted by atomic mass is 10.1. The van der Waals surface area contributed by atoms with E-state index in [2.05, 4.69) is 11.8 Å². The maximum absolute atomic E-state index is 13.8. The van der Waals surface area contributed by atoms with Gasteiger partial charge in [0.05, 0.1) is 32.4 Å². The molecule has 0 aliphatic carbocycles. The summed E-state index contributed by atoms with van der Waals surface area (Å²) in [6, 6.07) is 15.2. The van der Waals surface area contributed by atoms with Gasteiger partial charge in [-0.2, -0.15) is 4.31 Å². The fourth-order valence-electron chi connectivity index (χ4n) is 5.21. The summed E-state index contributed by atoms with van der Waals surface area (Å²) >= 11 is 0. The Labute approximate surface area is 216 Å². The third-order valence-corrected chi connectivity index (χ3v) is 9.26. The molecule has 0 spiro atoms. The van der Waals surface area contributed by atoms with E-state index in [4.69, 9.17) is 9.47 Å². The van der Waals surface area contributed by atoms with Gasteiger partial charge >= 0.3 is 0 Å².